The highest BCUT2D eigenvalue weighted by atomic mass is 79.9. The summed E-state index contributed by atoms with van der Waals surface area (Å²) in [5.74, 6) is 0.267. The molecule has 3 N–H and O–H groups in total. The van der Waals surface area contributed by atoms with E-state index in [1.807, 2.05) is 12.1 Å². The van der Waals surface area contributed by atoms with Gasteiger partial charge in [0, 0.05) is 36.0 Å². The number of hydrogen-bond donors (Lipinski definition) is 3. The van der Waals surface area contributed by atoms with Crippen LogP contribution in [-0.2, 0) is 16.6 Å². The fourth-order valence-electron chi connectivity index (χ4n) is 3.40. The van der Waals surface area contributed by atoms with Crippen molar-refractivity contribution in [3.8, 4) is 0 Å². The van der Waals surface area contributed by atoms with E-state index >= 15 is 0 Å². The van der Waals surface area contributed by atoms with Gasteiger partial charge in [-0.15, -0.1) is 0 Å². The first-order valence-electron chi connectivity index (χ1n) is 9.61. The number of carbonyl (C=O) groups is 1. The molecule has 1 aromatic heterocycles. The predicted octanol–water partition coefficient (Wildman–Crippen LogP) is 3.18. The molecule has 1 aromatic carbocycles. The highest BCUT2D eigenvalue weighted by Crippen LogP contribution is 2.25. The molecular formula is C20H25BrN4O3S. The summed E-state index contributed by atoms with van der Waals surface area (Å²) < 4.78 is 28.2. The van der Waals surface area contributed by atoms with E-state index in [9.17, 15) is 13.2 Å². The normalized spacial score (nSPS) is 19.5. The number of pyridine rings is 1. The van der Waals surface area contributed by atoms with Crippen LogP contribution in [0.1, 0.15) is 31.2 Å². The summed E-state index contributed by atoms with van der Waals surface area (Å²) in [6.45, 7) is 0.843. The Kier molecular flexibility index (Phi) is 7.63. The van der Waals surface area contributed by atoms with Crippen LogP contribution in [0.15, 0.2) is 58.2 Å². The van der Waals surface area contributed by atoms with Crippen LogP contribution in [0, 0.1) is 5.92 Å². The van der Waals surface area contributed by atoms with Gasteiger partial charge >= 0.3 is 6.03 Å². The van der Waals surface area contributed by atoms with E-state index in [0.717, 1.165) is 31.2 Å². The molecule has 0 aliphatic heterocycles. The average Bonchev–Trinajstić information content (AvgIpc) is 2.73. The van der Waals surface area contributed by atoms with Crippen molar-refractivity contribution in [3.63, 3.8) is 0 Å². The Morgan fingerprint density at radius 3 is 2.55 bits per heavy atom. The van der Waals surface area contributed by atoms with E-state index in [1.54, 1.807) is 36.7 Å². The van der Waals surface area contributed by atoms with Gasteiger partial charge < -0.3 is 10.6 Å². The predicted molar refractivity (Wildman–Crippen MR) is 115 cm³/mol. The van der Waals surface area contributed by atoms with Gasteiger partial charge in [-0.05, 0) is 71.3 Å². The highest BCUT2D eigenvalue weighted by molar-refractivity contribution is 9.10. The van der Waals surface area contributed by atoms with Gasteiger partial charge in [-0.25, -0.2) is 17.9 Å². The Morgan fingerprint density at radius 2 is 1.86 bits per heavy atom. The molecule has 0 saturated heterocycles. The van der Waals surface area contributed by atoms with Gasteiger partial charge in [0.2, 0.25) is 10.0 Å². The van der Waals surface area contributed by atoms with Crippen LogP contribution >= 0.6 is 15.9 Å². The standard InChI is InChI=1S/C20H25BrN4O3S/c21-18-5-1-2-6-19(18)29(27,28)24-14-15-7-9-17(10-8-15)25-20(26)23-13-16-4-3-11-22-12-16/h1-6,11-12,15,17,24H,7-10,13-14H2,(H2,23,25,26)/t15-,17-. The SMILES string of the molecule is O=C(NCc1cccnc1)N[C@H]1CC[C@H](CNS(=O)(=O)c2ccccc2Br)CC1. The van der Waals surface area contributed by atoms with Crippen molar-refractivity contribution in [2.75, 3.05) is 6.54 Å². The molecule has 1 aliphatic carbocycles. The molecule has 7 nitrogen and oxygen atoms in total. The smallest absolute Gasteiger partial charge is 0.315 e. The summed E-state index contributed by atoms with van der Waals surface area (Å²) in [6, 6.07) is 10.4. The second-order valence-electron chi connectivity index (χ2n) is 7.19. The number of hydrogen-bond acceptors (Lipinski definition) is 4. The fraction of sp³-hybridized carbons (Fsp3) is 0.400. The first-order chi connectivity index (χ1) is 13.9. The molecule has 0 radical (unpaired) electrons. The number of nitrogens with one attached hydrogen (secondary N) is 3. The van der Waals surface area contributed by atoms with E-state index in [0.29, 0.717) is 17.6 Å². The maximum atomic E-state index is 12.5. The Morgan fingerprint density at radius 1 is 1.10 bits per heavy atom. The molecular weight excluding hydrogens is 456 g/mol. The molecule has 1 aliphatic rings. The molecule has 0 atom stereocenters. The van der Waals surface area contributed by atoms with Gasteiger partial charge in [0.25, 0.3) is 0 Å². The Balaban J connectivity index is 1.39. The number of urea groups is 1. The van der Waals surface area contributed by atoms with Crippen molar-refractivity contribution in [2.24, 2.45) is 5.92 Å². The van der Waals surface area contributed by atoms with Gasteiger partial charge in [0.15, 0.2) is 0 Å². The molecule has 156 valence electrons. The van der Waals surface area contributed by atoms with Crippen molar-refractivity contribution in [2.45, 2.75) is 43.2 Å². The van der Waals surface area contributed by atoms with Crippen LogP contribution in [0.5, 0.6) is 0 Å². The average molecular weight is 481 g/mol. The van der Waals surface area contributed by atoms with E-state index in [2.05, 4.69) is 36.3 Å². The number of carbonyl (C=O) groups excluding carboxylic acids is 1. The van der Waals surface area contributed by atoms with Crippen molar-refractivity contribution in [1.29, 1.82) is 0 Å². The van der Waals surface area contributed by atoms with Crippen LogP contribution < -0.4 is 15.4 Å². The van der Waals surface area contributed by atoms with E-state index < -0.39 is 10.0 Å². The molecule has 2 aromatic rings. The zero-order valence-corrected chi connectivity index (χ0v) is 18.4. The maximum absolute atomic E-state index is 12.5. The number of benzene rings is 1. The first-order valence-corrected chi connectivity index (χ1v) is 11.9. The van der Waals surface area contributed by atoms with Crippen LogP contribution in [0.3, 0.4) is 0 Å². The molecule has 0 bridgehead atoms. The molecule has 1 saturated carbocycles. The van der Waals surface area contributed by atoms with Gasteiger partial charge in [0.1, 0.15) is 0 Å². The lowest BCUT2D eigenvalue weighted by atomic mass is 9.86. The number of aromatic nitrogens is 1. The summed E-state index contributed by atoms with van der Waals surface area (Å²) in [5, 5.41) is 5.84. The fourth-order valence-corrected chi connectivity index (χ4v) is 5.52. The lowest BCUT2D eigenvalue weighted by Crippen LogP contribution is -2.44. The number of rotatable bonds is 7. The highest BCUT2D eigenvalue weighted by Gasteiger charge is 2.24. The third-order valence-corrected chi connectivity index (χ3v) is 7.48. The summed E-state index contributed by atoms with van der Waals surface area (Å²) in [6.07, 6.45) is 6.82. The van der Waals surface area contributed by atoms with Crippen molar-refractivity contribution in [3.05, 3.63) is 58.8 Å². The van der Waals surface area contributed by atoms with Crippen molar-refractivity contribution < 1.29 is 13.2 Å². The Labute approximate surface area is 179 Å². The summed E-state index contributed by atoms with van der Waals surface area (Å²) >= 11 is 3.29. The lowest BCUT2D eigenvalue weighted by Gasteiger charge is -2.29. The summed E-state index contributed by atoms with van der Waals surface area (Å²) in [4.78, 5) is 16.3. The minimum atomic E-state index is -3.54. The largest absolute Gasteiger partial charge is 0.335 e. The van der Waals surface area contributed by atoms with E-state index in [4.69, 9.17) is 0 Å². The molecule has 0 spiro atoms. The van der Waals surface area contributed by atoms with Gasteiger partial charge in [-0.1, -0.05) is 18.2 Å². The first kappa shape index (κ1) is 21.7. The van der Waals surface area contributed by atoms with Gasteiger partial charge in [0.05, 0.1) is 4.90 Å². The van der Waals surface area contributed by atoms with Crippen LogP contribution in [0.4, 0.5) is 4.79 Å². The zero-order valence-electron chi connectivity index (χ0n) is 16.0. The Bertz CT molecular complexity index is 916. The van der Waals surface area contributed by atoms with Crippen molar-refractivity contribution >= 4 is 32.0 Å². The topological polar surface area (TPSA) is 100 Å². The zero-order chi connectivity index (χ0) is 20.7. The Hall–Kier alpha value is -1.97. The second kappa shape index (κ2) is 10.2. The summed E-state index contributed by atoms with van der Waals surface area (Å²) in [7, 11) is -3.54. The monoisotopic (exact) mass is 480 g/mol. The molecule has 2 amide bonds. The van der Waals surface area contributed by atoms with Crippen LogP contribution in [0.25, 0.3) is 0 Å². The summed E-state index contributed by atoms with van der Waals surface area (Å²) in [5.41, 5.74) is 0.948. The van der Waals surface area contributed by atoms with Gasteiger partial charge in [-0.2, -0.15) is 0 Å². The number of nitrogens with zero attached hydrogens (tertiary/aromatic N) is 1. The van der Waals surface area contributed by atoms with E-state index in [1.165, 1.54) is 0 Å². The third-order valence-electron chi connectivity index (χ3n) is 5.05. The molecule has 1 fully saturated rings. The molecule has 3 rings (SSSR count). The second-order valence-corrected chi connectivity index (χ2v) is 9.78. The van der Waals surface area contributed by atoms with Gasteiger partial charge in [-0.3, -0.25) is 4.98 Å². The van der Waals surface area contributed by atoms with Crippen LogP contribution in [-0.4, -0.2) is 32.0 Å². The van der Waals surface area contributed by atoms with Crippen LogP contribution in [0.2, 0.25) is 0 Å². The molecule has 29 heavy (non-hydrogen) atoms. The van der Waals surface area contributed by atoms with E-state index in [-0.39, 0.29) is 22.9 Å². The van der Waals surface area contributed by atoms with Crippen molar-refractivity contribution in [1.82, 2.24) is 20.3 Å². The molecule has 9 heteroatoms. The maximum Gasteiger partial charge on any atom is 0.315 e. The number of halogens is 1. The third kappa shape index (κ3) is 6.52. The number of sulfonamides is 1. The molecule has 1 heterocycles. The minimum absolute atomic E-state index is 0.111. The minimum Gasteiger partial charge on any atom is -0.335 e. The number of amides is 2. The lowest BCUT2D eigenvalue weighted by molar-refractivity contribution is 0.227. The molecule has 0 unspecified atom stereocenters. The quantitative estimate of drug-likeness (QED) is 0.566.